The Bertz CT molecular complexity index is 907. The number of unbranched alkanes of at least 4 members (excludes halogenated alkanes) is 1. The van der Waals surface area contributed by atoms with E-state index in [2.05, 4.69) is 22.9 Å². The summed E-state index contributed by atoms with van der Waals surface area (Å²) < 4.78 is 5.87. The number of benzene rings is 1. The first kappa shape index (κ1) is 29.6. The Labute approximate surface area is 219 Å². The lowest BCUT2D eigenvalue weighted by molar-refractivity contribution is -0.158. The lowest BCUT2D eigenvalue weighted by Crippen LogP contribution is -2.55. The summed E-state index contributed by atoms with van der Waals surface area (Å²) in [5.74, 6) is -2.18. The number of ether oxygens (including phenoxy) is 1. The summed E-state index contributed by atoms with van der Waals surface area (Å²) in [7, 11) is 0. The standard InChI is InChI=1S/C27H40ClN3O5/c1-6-8-9-17(4)22-15-23(32)30-21(14-19-10-12-20(28)13-11-19)26(34)29-18(5)25(33)31-24(16(3)7-2)27(35)36-22/h10-13,16-18,21-22,24H,6-9,14-15H2,1-5H3,(H,29,34)(H,30,32)(H,31,33)/t16-,17-,18-,21-,22-,24?/m0/s1. The maximum Gasteiger partial charge on any atom is 0.329 e. The lowest BCUT2D eigenvalue weighted by atomic mass is 9.94. The minimum Gasteiger partial charge on any atom is -0.460 e. The zero-order valence-electron chi connectivity index (χ0n) is 21.9. The van der Waals surface area contributed by atoms with Crippen molar-refractivity contribution in [1.82, 2.24) is 16.0 Å². The van der Waals surface area contributed by atoms with E-state index >= 15 is 0 Å². The molecule has 0 aromatic heterocycles. The molecule has 0 spiro atoms. The van der Waals surface area contributed by atoms with Gasteiger partial charge in [-0.25, -0.2) is 4.79 Å². The van der Waals surface area contributed by atoms with Crippen molar-refractivity contribution in [3.8, 4) is 0 Å². The molecule has 1 aromatic carbocycles. The average Bonchev–Trinajstić information content (AvgIpc) is 2.85. The number of rotatable bonds is 8. The van der Waals surface area contributed by atoms with Crippen molar-refractivity contribution in [2.24, 2.45) is 11.8 Å². The van der Waals surface area contributed by atoms with Crippen LogP contribution in [0.1, 0.15) is 72.3 Å². The van der Waals surface area contributed by atoms with Crippen LogP contribution < -0.4 is 16.0 Å². The molecule has 0 bridgehead atoms. The fourth-order valence-electron chi connectivity index (χ4n) is 4.12. The van der Waals surface area contributed by atoms with Crippen molar-refractivity contribution in [1.29, 1.82) is 0 Å². The molecule has 6 atom stereocenters. The van der Waals surface area contributed by atoms with Gasteiger partial charge in [0.25, 0.3) is 0 Å². The van der Waals surface area contributed by atoms with Crippen LogP contribution in [-0.2, 0) is 30.3 Å². The number of nitrogens with one attached hydrogen (secondary N) is 3. The second-order valence-electron chi connectivity index (χ2n) is 9.85. The molecule has 1 aliphatic rings. The van der Waals surface area contributed by atoms with Gasteiger partial charge in [0.15, 0.2) is 0 Å². The van der Waals surface area contributed by atoms with Gasteiger partial charge < -0.3 is 20.7 Å². The van der Waals surface area contributed by atoms with Gasteiger partial charge in [-0.2, -0.15) is 0 Å². The Kier molecular flexibility index (Phi) is 11.7. The van der Waals surface area contributed by atoms with Crippen LogP contribution in [0, 0.1) is 11.8 Å². The molecule has 1 fully saturated rings. The van der Waals surface area contributed by atoms with Crippen LogP contribution in [0.3, 0.4) is 0 Å². The van der Waals surface area contributed by atoms with E-state index in [0.29, 0.717) is 11.4 Å². The first-order valence-corrected chi connectivity index (χ1v) is 13.3. The molecule has 0 aliphatic carbocycles. The molecule has 1 heterocycles. The van der Waals surface area contributed by atoms with Crippen LogP contribution in [0.4, 0.5) is 0 Å². The molecule has 0 saturated carbocycles. The van der Waals surface area contributed by atoms with Gasteiger partial charge in [-0.05, 0) is 42.9 Å². The van der Waals surface area contributed by atoms with Crippen LogP contribution in [-0.4, -0.2) is 47.9 Å². The Balaban J connectivity index is 2.38. The third-order valence-corrected chi connectivity index (χ3v) is 7.08. The van der Waals surface area contributed by atoms with Crippen LogP contribution in [0.2, 0.25) is 5.02 Å². The number of amides is 3. The summed E-state index contributed by atoms with van der Waals surface area (Å²) >= 11 is 5.98. The van der Waals surface area contributed by atoms with Crippen LogP contribution in [0.5, 0.6) is 0 Å². The third-order valence-electron chi connectivity index (χ3n) is 6.82. The number of halogens is 1. The van der Waals surface area contributed by atoms with Crippen molar-refractivity contribution in [2.75, 3.05) is 0 Å². The fraction of sp³-hybridized carbons (Fsp3) is 0.630. The highest BCUT2D eigenvalue weighted by Crippen LogP contribution is 2.21. The Morgan fingerprint density at radius 1 is 0.972 bits per heavy atom. The van der Waals surface area contributed by atoms with Crippen molar-refractivity contribution in [2.45, 2.75) is 97.4 Å². The van der Waals surface area contributed by atoms with Gasteiger partial charge in [-0.3, -0.25) is 14.4 Å². The summed E-state index contributed by atoms with van der Waals surface area (Å²) in [6.07, 6.45) is 2.80. The van der Waals surface area contributed by atoms with Crippen LogP contribution >= 0.6 is 11.6 Å². The summed E-state index contributed by atoms with van der Waals surface area (Å²) in [5.41, 5.74) is 0.803. The Hall–Kier alpha value is -2.61. The zero-order chi connectivity index (χ0) is 26.8. The van der Waals surface area contributed by atoms with Crippen LogP contribution in [0.25, 0.3) is 0 Å². The number of hydrogen-bond donors (Lipinski definition) is 3. The fourth-order valence-corrected chi connectivity index (χ4v) is 4.25. The third kappa shape index (κ3) is 8.80. The van der Waals surface area contributed by atoms with Gasteiger partial charge in [0, 0.05) is 11.4 Å². The van der Waals surface area contributed by atoms with Gasteiger partial charge in [0.1, 0.15) is 24.2 Å². The van der Waals surface area contributed by atoms with Crippen molar-refractivity contribution < 1.29 is 23.9 Å². The average molecular weight is 522 g/mol. The number of carbonyl (C=O) groups is 4. The number of cyclic esters (lactones) is 1. The predicted octanol–water partition coefficient (Wildman–Crippen LogP) is 3.54. The molecule has 200 valence electrons. The van der Waals surface area contributed by atoms with E-state index in [1.54, 1.807) is 31.2 Å². The van der Waals surface area contributed by atoms with Crippen molar-refractivity contribution in [3.63, 3.8) is 0 Å². The molecular weight excluding hydrogens is 482 g/mol. The van der Waals surface area contributed by atoms with E-state index in [1.807, 2.05) is 20.8 Å². The number of hydrogen-bond acceptors (Lipinski definition) is 5. The van der Waals surface area contributed by atoms with Crippen molar-refractivity contribution in [3.05, 3.63) is 34.9 Å². The zero-order valence-corrected chi connectivity index (χ0v) is 22.7. The maximum absolute atomic E-state index is 13.2. The van der Waals surface area contributed by atoms with E-state index in [9.17, 15) is 19.2 Å². The minimum absolute atomic E-state index is 0.0690. The van der Waals surface area contributed by atoms with Gasteiger partial charge in [-0.15, -0.1) is 0 Å². The molecule has 8 nitrogen and oxygen atoms in total. The monoisotopic (exact) mass is 521 g/mol. The Morgan fingerprint density at radius 2 is 1.64 bits per heavy atom. The molecule has 3 amide bonds. The molecule has 1 aliphatic heterocycles. The molecule has 1 unspecified atom stereocenters. The molecule has 36 heavy (non-hydrogen) atoms. The predicted molar refractivity (Wildman–Crippen MR) is 139 cm³/mol. The lowest BCUT2D eigenvalue weighted by Gasteiger charge is -2.29. The highest BCUT2D eigenvalue weighted by atomic mass is 35.5. The maximum atomic E-state index is 13.2. The first-order chi connectivity index (χ1) is 17.0. The van der Waals surface area contributed by atoms with Crippen LogP contribution in [0.15, 0.2) is 24.3 Å². The van der Waals surface area contributed by atoms with E-state index in [1.165, 1.54) is 0 Å². The largest absolute Gasteiger partial charge is 0.460 e. The first-order valence-electron chi connectivity index (χ1n) is 12.9. The van der Waals surface area contributed by atoms with E-state index < -0.39 is 47.9 Å². The SMILES string of the molecule is CCCC[C@H](C)[C@@H]1CC(=O)N[C@@H](Cc2ccc(Cl)cc2)C(=O)N[C@@H](C)C(=O)NC([C@@H](C)CC)C(=O)O1. The summed E-state index contributed by atoms with van der Waals surface area (Å²) in [4.78, 5) is 52.4. The van der Waals surface area contributed by atoms with E-state index in [4.69, 9.17) is 16.3 Å². The summed E-state index contributed by atoms with van der Waals surface area (Å²) in [5, 5.41) is 8.80. The van der Waals surface area contributed by atoms with Gasteiger partial charge in [0.2, 0.25) is 17.7 Å². The molecule has 2 rings (SSSR count). The summed E-state index contributed by atoms with van der Waals surface area (Å²) in [6.45, 7) is 9.36. The minimum atomic E-state index is -0.915. The number of esters is 1. The normalized spacial score (nSPS) is 25.7. The quantitative estimate of drug-likeness (QED) is 0.453. The molecule has 3 N–H and O–H groups in total. The highest BCUT2D eigenvalue weighted by molar-refractivity contribution is 6.30. The van der Waals surface area contributed by atoms with Gasteiger partial charge in [-0.1, -0.05) is 70.7 Å². The van der Waals surface area contributed by atoms with E-state index in [-0.39, 0.29) is 24.7 Å². The second-order valence-corrected chi connectivity index (χ2v) is 10.3. The van der Waals surface area contributed by atoms with Gasteiger partial charge >= 0.3 is 5.97 Å². The number of carbonyl (C=O) groups excluding carboxylic acids is 4. The molecule has 1 saturated heterocycles. The van der Waals surface area contributed by atoms with E-state index in [0.717, 1.165) is 24.8 Å². The topological polar surface area (TPSA) is 114 Å². The Morgan fingerprint density at radius 3 is 2.25 bits per heavy atom. The molecule has 1 aromatic rings. The molecule has 9 heteroatoms. The summed E-state index contributed by atoms with van der Waals surface area (Å²) in [6, 6.07) is 4.29. The molecular formula is C27H40ClN3O5. The smallest absolute Gasteiger partial charge is 0.329 e. The van der Waals surface area contributed by atoms with Gasteiger partial charge in [0.05, 0.1) is 6.42 Å². The van der Waals surface area contributed by atoms with Crippen molar-refractivity contribution >= 4 is 35.3 Å². The second kappa shape index (κ2) is 14.2. The highest BCUT2D eigenvalue weighted by Gasteiger charge is 2.35. The molecule has 0 radical (unpaired) electrons.